The van der Waals surface area contributed by atoms with Gasteiger partial charge in [-0.1, -0.05) is 24.3 Å². The molecule has 0 unspecified atom stereocenters. The zero-order valence-electron chi connectivity index (χ0n) is 13.5. The van der Waals surface area contributed by atoms with Crippen LogP contribution in [0, 0.1) is 0 Å². The lowest BCUT2D eigenvalue weighted by atomic mass is 10.1. The Morgan fingerprint density at radius 2 is 1.92 bits per heavy atom. The Morgan fingerprint density at radius 3 is 2.62 bits per heavy atom. The first kappa shape index (κ1) is 17.7. The second-order valence-electron chi connectivity index (χ2n) is 5.67. The number of carbonyl (C=O) groups is 1. The van der Waals surface area contributed by atoms with E-state index in [1.54, 1.807) is 36.5 Å². The first-order chi connectivity index (χ1) is 12.3. The van der Waals surface area contributed by atoms with Crippen LogP contribution in [0.25, 0.3) is 10.8 Å². The second-order valence-corrected chi connectivity index (χ2v) is 5.67. The van der Waals surface area contributed by atoms with Gasteiger partial charge in [-0.25, -0.2) is 0 Å². The van der Waals surface area contributed by atoms with Crippen LogP contribution in [0.15, 0.2) is 59.7 Å². The minimum absolute atomic E-state index is 0.0830. The van der Waals surface area contributed by atoms with Crippen LogP contribution in [-0.4, -0.2) is 21.6 Å². The van der Waals surface area contributed by atoms with Crippen LogP contribution in [0.1, 0.15) is 16.1 Å². The number of alkyl halides is 3. The van der Waals surface area contributed by atoms with Crippen molar-refractivity contribution in [3.05, 3.63) is 76.5 Å². The quantitative estimate of drug-likeness (QED) is 0.777. The molecule has 0 spiro atoms. The first-order valence-corrected chi connectivity index (χ1v) is 7.71. The van der Waals surface area contributed by atoms with Gasteiger partial charge in [0.2, 0.25) is 0 Å². The Balaban J connectivity index is 2.01. The van der Waals surface area contributed by atoms with E-state index in [9.17, 15) is 22.8 Å². The van der Waals surface area contributed by atoms with E-state index >= 15 is 0 Å². The van der Waals surface area contributed by atoms with Crippen molar-refractivity contribution in [2.75, 3.05) is 0 Å². The Hall–Kier alpha value is -3.16. The van der Waals surface area contributed by atoms with Gasteiger partial charge in [0.25, 0.3) is 11.5 Å². The number of hydrogen-bond acceptors (Lipinski definition) is 3. The van der Waals surface area contributed by atoms with E-state index in [2.05, 4.69) is 10.3 Å². The van der Waals surface area contributed by atoms with Crippen molar-refractivity contribution in [1.29, 1.82) is 0 Å². The Labute approximate surface area is 146 Å². The molecule has 0 aliphatic carbocycles. The highest BCUT2D eigenvalue weighted by Gasteiger charge is 2.31. The molecule has 0 radical (unpaired) electrons. The van der Waals surface area contributed by atoms with Gasteiger partial charge in [-0.15, -0.1) is 0 Å². The van der Waals surface area contributed by atoms with Crippen LogP contribution in [-0.2, 0) is 13.1 Å². The average molecular weight is 361 g/mol. The van der Waals surface area contributed by atoms with Gasteiger partial charge < -0.3 is 5.32 Å². The molecule has 0 aliphatic rings. The van der Waals surface area contributed by atoms with E-state index in [4.69, 9.17) is 0 Å². The summed E-state index contributed by atoms with van der Waals surface area (Å²) in [5.74, 6) is -0.763. The topological polar surface area (TPSA) is 64.0 Å². The third-order valence-corrected chi connectivity index (χ3v) is 3.77. The Bertz CT molecular complexity index is 998. The van der Waals surface area contributed by atoms with Crippen molar-refractivity contribution < 1.29 is 18.0 Å². The number of nitrogens with one attached hydrogen (secondary N) is 1. The molecule has 1 aromatic carbocycles. The van der Waals surface area contributed by atoms with Crippen molar-refractivity contribution in [3.8, 4) is 0 Å². The molecule has 0 fully saturated rings. The maximum absolute atomic E-state index is 12.9. The zero-order valence-corrected chi connectivity index (χ0v) is 13.5. The summed E-state index contributed by atoms with van der Waals surface area (Å²) in [5.41, 5.74) is -0.506. The maximum atomic E-state index is 12.9. The summed E-state index contributed by atoms with van der Waals surface area (Å²) in [5, 5.41) is 3.06. The molecular weight excluding hydrogens is 347 g/mol. The number of fused-ring (bicyclic) bond motifs is 1. The molecule has 2 heterocycles. The van der Waals surface area contributed by atoms with E-state index in [-0.39, 0.29) is 17.6 Å². The highest BCUT2D eigenvalue weighted by Crippen LogP contribution is 2.20. The number of aromatic nitrogens is 2. The fourth-order valence-corrected chi connectivity index (χ4v) is 2.60. The van der Waals surface area contributed by atoms with Crippen LogP contribution in [0.5, 0.6) is 0 Å². The zero-order chi connectivity index (χ0) is 18.7. The summed E-state index contributed by atoms with van der Waals surface area (Å²) in [6, 6.07) is 10.9. The molecule has 0 bridgehead atoms. The highest BCUT2D eigenvalue weighted by molar-refractivity contribution is 5.96. The molecule has 0 aliphatic heterocycles. The fourth-order valence-electron chi connectivity index (χ4n) is 2.60. The van der Waals surface area contributed by atoms with E-state index in [0.717, 1.165) is 0 Å². The van der Waals surface area contributed by atoms with Gasteiger partial charge in [0.1, 0.15) is 12.2 Å². The normalized spacial score (nSPS) is 11.5. The number of benzene rings is 1. The van der Waals surface area contributed by atoms with Crippen molar-refractivity contribution in [3.63, 3.8) is 0 Å². The van der Waals surface area contributed by atoms with Gasteiger partial charge >= 0.3 is 6.18 Å². The molecule has 1 amide bonds. The standard InChI is InChI=1S/C18H14F3N3O2/c19-18(20,21)11-24-15(8-13-5-1-2-6-14(13)17(24)26)16(25)23-10-12-4-3-7-22-9-12/h1-9H,10-11H2,(H,23,25). The SMILES string of the molecule is O=C(NCc1cccnc1)c1cc2ccccc2c(=O)n1CC(F)(F)F. The lowest BCUT2D eigenvalue weighted by molar-refractivity contribution is -0.141. The number of halogens is 3. The van der Waals surface area contributed by atoms with Crippen LogP contribution in [0.3, 0.4) is 0 Å². The van der Waals surface area contributed by atoms with Crippen molar-refractivity contribution in [2.24, 2.45) is 0 Å². The molecule has 3 aromatic rings. The molecule has 1 N–H and O–H groups in total. The highest BCUT2D eigenvalue weighted by atomic mass is 19.4. The average Bonchev–Trinajstić information content (AvgIpc) is 2.62. The summed E-state index contributed by atoms with van der Waals surface area (Å²) < 4.78 is 39.2. The number of rotatable bonds is 4. The predicted octanol–water partition coefficient (Wildman–Crippen LogP) is 2.89. The monoisotopic (exact) mass is 361 g/mol. The summed E-state index contributed by atoms with van der Waals surface area (Å²) in [6.45, 7) is -1.45. The van der Waals surface area contributed by atoms with Crippen molar-refractivity contribution in [2.45, 2.75) is 19.3 Å². The lowest BCUT2D eigenvalue weighted by Gasteiger charge is -2.16. The van der Waals surface area contributed by atoms with E-state index in [1.807, 2.05) is 0 Å². The van der Waals surface area contributed by atoms with Gasteiger partial charge in [-0.3, -0.25) is 19.1 Å². The van der Waals surface area contributed by atoms with E-state index in [1.165, 1.54) is 18.3 Å². The lowest BCUT2D eigenvalue weighted by Crippen LogP contribution is -2.35. The van der Waals surface area contributed by atoms with Gasteiger partial charge in [0, 0.05) is 24.3 Å². The van der Waals surface area contributed by atoms with E-state index < -0.39 is 24.2 Å². The molecule has 0 saturated heterocycles. The maximum Gasteiger partial charge on any atom is 0.406 e. The molecule has 134 valence electrons. The first-order valence-electron chi connectivity index (χ1n) is 7.71. The van der Waals surface area contributed by atoms with Crippen molar-refractivity contribution in [1.82, 2.24) is 14.9 Å². The molecule has 0 saturated carbocycles. The second kappa shape index (κ2) is 6.99. The third kappa shape index (κ3) is 3.90. The fraction of sp³-hybridized carbons (Fsp3) is 0.167. The Kier molecular flexibility index (Phi) is 4.75. The number of nitrogens with zero attached hydrogens (tertiary/aromatic N) is 2. The molecular formula is C18H14F3N3O2. The molecule has 0 atom stereocenters. The Morgan fingerprint density at radius 1 is 1.15 bits per heavy atom. The summed E-state index contributed by atoms with van der Waals surface area (Å²) in [4.78, 5) is 28.8. The van der Waals surface area contributed by atoms with Crippen LogP contribution in [0.2, 0.25) is 0 Å². The summed E-state index contributed by atoms with van der Waals surface area (Å²) in [6.07, 6.45) is -1.54. The summed E-state index contributed by atoms with van der Waals surface area (Å²) in [7, 11) is 0. The molecule has 5 nitrogen and oxygen atoms in total. The van der Waals surface area contributed by atoms with Gasteiger partial charge in [0.05, 0.1) is 0 Å². The number of pyridine rings is 2. The van der Waals surface area contributed by atoms with Crippen LogP contribution < -0.4 is 10.9 Å². The molecule has 2 aromatic heterocycles. The van der Waals surface area contributed by atoms with Gasteiger partial charge in [-0.05, 0) is 29.1 Å². The summed E-state index contributed by atoms with van der Waals surface area (Å²) >= 11 is 0. The molecule has 26 heavy (non-hydrogen) atoms. The minimum atomic E-state index is -4.63. The van der Waals surface area contributed by atoms with Crippen LogP contribution >= 0.6 is 0 Å². The smallest absolute Gasteiger partial charge is 0.347 e. The number of hydrogen-bond donors (Lipinski definition) is 1. The van der Waals surface area contributed by atoms with Crippen LogP contribution in [0.4, 0.5) is 13.2 Å². The third-order valence-electron chi connectivity index (χ3n) is 3.77. The largest absolute Gasteiger partial charge is 0.406 e. The number of amides is 1. The van der Waals surface area contributed by atoms with Gasteiger partial charge in [-0.2, -0.15) is 13.2 Å². The van der Waals surface area contributed by atoms with E-state index in [0.29, 0.717) is 15.5 Å². The molecule has 8 heteroatoms. The minimum Gasteiger partial charge on any atom is -0.347 e. The van der Waals surface area contributed by atoms with Gasteiger partial charge in [0.15, 0.2) is 0 Å². The molecule has 3 rings (SSSR count). The predicted molar refractivity (Wildman–Crippen MR) is 89.7 cm³/mol. The number of carbonyl (C=O) groups excluding carboxylic acids is 1. The van der Waals surface area contributed by atoms with Crippen molar-refractivity contribution >= 4 is 16.7 Å².